The molecule has 0 radical (unpaired) electrons. The van der Waals surface area contributed by atoms with Crippen molar-refractivity contribution in [3.63, 3.8) is 0 Å². The zero-order valence-electron chi connectivity index (χ0n) is 11.8. The van der Waals surface area contributed by atoms with E-state index in [0.29, 0.717) is 5.56 Å². The SMILES string of the molecule is CC(Nc1cccc(N(C)C)c1)c1cc(F)ccc1F. The first-order valence-corrected chi connectivity index (χ1v) is 6.46. The van der Waals surface area contributed by atoms with Gasteiger partial charge in [0.05, 0.1) is 6.04 Å². The molecule has 0 aliphatic carbocycles. The van der Waals surface area contributed by atoms with Crippen LogP contribution in [0.4, 0.5) is 20.2 Å². The number of nitrogens with zero attached hydrogens (tertiary/aromatic N) is 1. The summed E-state index contributed by atoms with van der Waals surface area (Å²) in [5.41, 5.74) is 2.23. The van der Waals surface area contributed by atoms with Crippen molar-refractivity contribution in [1.29, 1.82) is 0 Å². The van der Waals surface area contributed by atoms with Crippen LogP contribution in [0.1, 0.15) is 18.5 Å². The van der Waals surface area contributed by atoms with Gasteiger partial charge in [-0.05, 0) is 43.3 Å². The molecule has 0 aromatic heterocycles. The fourth-order valence-corrected chi connectivity index (χ4v) is 2.05. The van der Waals surface area contributed by atoms with Crippen LogP contribution in [0, 0.1) is 11.6 Å². The molecule has 2 nitrogen and oxygen atoms in total. The van der Waals surface area contributed by atoms with Gasteiger partial charge in [0.15, 0.2) is 0 Å². The summed E-state index contributed by atoms with van der Waals surface area (Å²) < 4.78 is 26.9. The van der Waals surface area contributed by atoms with Crippen molar-refractivity contribution >= 4 is 11.4 Å². The molecule has 1 N–H and O–H groups in total. The molecule has 0 aliphatic rings. The molecule has 20 heavy (non-hydrogen) atoms. The molecule has 4 heteroatoms. The van der Waals surface area contributed by atoms with Crippen molar-refractivity contribution in [2.24, 2.45) is 0 Å². The molecule has 0 bridgehead atoms. The molecule has 2 aromatic rings. The van der Waals surface area contributed by atoms with Crippen LogP contribution in [-0.2, 0) is 0 Å². The maximum atomic E-state index is 13.7. The monoisotopic (exact) mass is 276 g/mol. The highest BCUT2D eigenvalue weighted by Gasteiger charge is 2.12. The predicted octanol–water partition coefficient (Wildman–Crippen LogP) is 4.20. The van der Waals surface area contributed by atoms with Crippen molar-refractivity contribution in [3.05, 3.63) is 59.7 Å². The van der Waals surface area contributed by atoms with E-state index in [2.05, 4.69) is 5.32 Å². The van der Waals surface area contributed by atoms with Crippen LogP contribution >= 0.6 is 0 Å². The second kappa shape index (κ2) is 5.90. The predicted molar refractivity (Wildman–Crippen MR) is 79.2 cm³/mol. The van der Waals surface area contributed by atoms with Gasteiger partial charge in [-0.1, -0.05) is 6.07 Å². The topological polar surface area (TPSA) is 15.3 Å². The Morgan fingerprint density at radius 2 is 1.80 bits per heavy atom. The Hall–Kier alpha value is -2.10. The summed E-state index contributed by atoms with van der Waals surface area (Å²) in [5.74, 6) is -0.841. The Morgan fingerprint density at radius 1 is 1.05 bits per heavy atom. The van der Waals surface area contributed by atoms with Crippen molar-refractivity contribution in [3.8, 4) is 0 Å². The zero-order valence-corrected chi connectivity index (χ0v) is 11.8. The Kier molecular flexibility index (Phi) is 4.23. The van der Waals surface area contributed by atoms with Gasteiger partial charge in [0.2, 0.25) is 0 Å². The van der Waals surface area contributed by atoms with E-state index in [4.69, 9.17) is 0 Å². The normalized spacial score (nSPS) is 12.1. The van der Waals surface area contributed by atoms with E-state index in [1.54, 1.807) is 6.92 Å². The largest absolute Gasteiger partial charge is 0.378 e. The quantitative estimate of drug-likeness (QED) is 0.900. The summed E-state index contributed by atoms with van der Waals surface area (Å²) in [6.45, 7) is 1.81. The maximum Gasteiger partial charge on any atom is 0.128 e. The molecule has 2 rings (SSSR count). The van der Waals surface area contributed by atoms with E-state index in [1.165, 1.54) is 6.07 Å². The lowest BCUT2D eigenvalue weighted by atomic mass is 10.1. The lowest BCUT2D eigenvalue weighted by Crippen LogP contribution is -2.11. The molecule has 1 unspecified atom stereocenters. The van der Waals surface area contributed by atoms with E-state index in [1.807, 2.05) is 43.3 Å². The van der Waals surface area contributed by atoms with Crippen LogP contribution in [0.3, 0.4) is 0 Å². The van der Waals surface area contributed by atoms with Gasteiger partial charge in [0.25, 0.3) is 0 Å². The molecule has 0 saturated heterocycles. The maximum absolute atomic E-state index is 13.7. The Labute approximate surface area is 118 Å². The van der Waals surface area contributed by atoms with Gasteiger partial charge in [-0.15, -0.1) is 0 Å². The van der Waals surface area contributed by atoms with E-state index >= 15 is 0 Å². The van der Waals surface area contributed by atoms with Crippen molar-refractivity contribution < 1.29 is 8.78 Å². The summed E-state index contributed by atoms with van der Waals surface area (Å²) in [7, 11) is 3.91. The Bertz CT molecular complexity index is 597. The molecule has 0 heterocycles. The summed E-state index contributed by atoms with van der Waals surface area (Å²) in [6.07, 6.45) is 0. The van der Waals surface area contributed by atoms with E-state index in [-0.39, 0.29) is 6.04 Å². The Balaban J connectivity index is 2.21. The molecule has 2 aromatic carbocycles. The van der Waals surface area contributed by atoms with Crippen LogP contribution in [0.25, 0.3) is 0 Å². The third-order valence-corrected chi connectivity index (χ3v) is 3.17. The van der Waals surface area contributed by atoms with E-state index < -0.39 is 11.6 Å². The lowest BCUT2D eigenvalue weighted by Gasteiger charge is -2.19. The second-order valence-electron chi connectivity index (χ2n) is 4.98. The molecule has 0 aliphatic heterocycles. The summed E-state index contributed by atoms with van der Waals surface area (Å²) in [6, 6.07) is 11.0. The van der Waals surface area contributed by atoms with E-state index in [9.17, 15) is 8.78 Å². The van der Waals surface area contributed by atoms with Gasteiger partial charge < -0.3 is 10.2 Å². The average molecular weight is 276 g/mol. The molecule has 0 saturated carbocycles. The van der Waals surface area contributed by atoms with Crippen LogP contribution in [0.15, 0.2) is 42.5 Å². The first kappa shape index (κ1) is 14.3. The summed E-state index contributed by atoms with van der Waals surface area (Å²) in [5, 5.41) is 3.19. The molecule has 0 amide bonds. The minimum Gasteiger partial charge on any atom is -0.378 e. The van der Waals surface area contributed by atoms with Gasteiger partial charge in [0, 0.05) is 31.0 Å². The fraction of sp³-hybridized carbons (Fsp3) is 0.250. The van der Waals surface area contributed by atoms with E-state index in [0.717, 1.165) is 23.5 Å². The highest BCUT2D eigenvalue weighted by Crippen LogP contribution is 2.24. The number of hydrogen-bond acceptors (Lipinski definition) is 2. The second-order valence-corrected chi connectivity index (χ2v) is 4.98. The molecule has 1 atom stereocenters. The van der Waals surface area contributed by atoms with Gasteiger partial charge in [-0.25, -0.2) is 8.78 Å². The fourth-order valence-electron chi connectivity index (χ4n) is 2.05. The molecule has 0 fully saturated rings. The molecule has 0 spiro atoms. The average Bonchev–Trinajstić information content (AvgIpc) is 2.41. The number of hydrogen-bond donors (Lipinski definition) is 1. The first-order valence-electron chi connectivity index (χ1n) is 6.46. The number of benzene rings is 2. The summed E-state index contributed by atoms with van der Waals surface area (Å²) >= 11 is 0. The number of nitrogens with one attached hydrogen (secondary N) is 1. The molecular formula is C16H18F2N2. The molecular weight excluding hydrogens is 258 g/mol. The van der Waals surface area contributed by atoms with Crippen molar-refractivity contribution in [2.45, 2.75) is 13.0 Å². The highest BCUT2D eigenvalue weighted by molar-refractivity contribution is 5.58. The zero-order chi connectivity index (χ0) is 14.7. The van der Waals surface area contributed by atoms with Crippen molar-refractivity contribution in [2.75, 3.05) is 24.3 Å². The smallest absolute Gasteiger partial charge is 0.128 e. The van der Waals surface area contributed by atoms with Crippen LogP contribution in [0.5, 0.6) is 0 Å². The number of halogens is 2. The van der Waals surface area contributed by atoms with Crippen LogP contribution < -0.4 is 10.2 Å². The standard InChI is InChI=1S/C16H18F2N2/c1-11(15-9-12(17)7-8-16(15)18)19-13-5-4-6-14(10-13)20(2)3/h4-11,19H,1-3H3. The number of rotatable bonds is 4. The van der Waals surface area contributed by atoms with Crippen LogP contribution in [-0.4, -0.2) is 14.1 Å². The highest BCUT2D eigenvalue weighted by atomic mass is 19.1. The minimum absolute atomic E-state index is 0.317. The van der Waals surface area contributed by atoms with Gasteiger partial charge in [-0.3, -0.25) is 0 Å². The Morgan fingerprint density at radius 3 is 2.50 bits per heavy atom. The first-order chi connectivity index (χ1) is 9.47. The van der Waals surface area contributed by atoms with Crippen molar-refractivity contribution in [1.82, 2.24) is 0 Å². The summed E-state index contributed by atoms with van der Waals surface area (Å²) in [4.78, 5) is 1.98. The van der Waals surface area contributed by atoms with Gasteiger partial charge in [0.1, 0.15) is 11.6 Å². The third-order valence-electron chi connectivity index (χ3n) is 3.17. The van der Waals surface area contributed by atoms with Gasteiger partial charge in [-0.2, -0.15) is 0 Å². The lowest BCUT2D eigenvalue weighted by molar-refractivity contribution is 0.577. The minimum atomic E-state index is -0.433. The number of anilines is 2. The third kappa shape index (κ3) is 3.26. The van der Waals surface area contributed by atoms with Crippen LogP contribution in [0.2, 0.25) is 0 Å². The van der Waals surface area contributed by atoms with Gasteiger partial charge >= 0.3 is 0 Å². The molecule has 106 valence electrons.